The first-order valence-corrected chi connectivity index (χ1v) is 9.36. The zero-order valence-electron chi connectivity index (χ0n) is 14.8. The highest BCUT2D eigenvalue weighted by Gasteiger charge is 2.31. The van der Waals surface area contributed by atoms with E-state index < -0.39 is 6.17 Å². The van der Waals surface area contributed by atoms with Gasteiger partial charge in [-0.15, -0.1) is 0 Å². The van der Waals surface area contributed by atoms with E-state index in [1.165, 1.54) is 12.1 Å². The van der Waals surface area contributed by atoms with Crippen LogP contribution >= 0.6 is 0 Å². The molecule has 1 saturated heterocycles. The van der Waals surface area contributed by atoms with Gasteiger partial charge in [0, 0.05) is 23.4 Å². The summed E-state index contributed by atoms with van der Waals surface area (Å²) in [5, 5.41) is 6.50. The van der Waals surface area contributed by atoms with Gasteiger partial charge in [0.15, 0.2) is 0 Å². The molecule has 4 heteroatoms. The van der Waals surface area contributed by atoms with Crippen LogP contribution in [0.5, 0.6) is 0 Å². The second kappa shape index (κ2) is 6.46. The van der Waals surface area contributed by atoms with Crippen molar-refractivity contribution < 1.29 is 8.78 Å². The van der Waals surface area contributed by atoms with Gasteiger partial charge >= 0.3 is 0 Å². The molecule has 2 N–H and O–H groups in total. The smallest absolute Gasteiger partial charge is 0.125 e. The Bertz CT molecular complexity index is 1130. The summed E-state index contributed by atoms with van der Waals surface area (Å²) in [7, 11) is 0. The predicted octanol–water partition coefficient (Wildman–Crippen LogP) is 5.54. The molecule has 0 amide bonds. The van der Waals surface area contributed by atoms with Crippen LogP contribution in [0.1, 0.15) is 17.9 Å². The van der Waals surface area contributed by atoms with Crippen LogP contribution in [-0.2, 0) is 0 Å². The number of alkyl halides is 1. The van der Waals surface area contributed by atoms with E-state index in [-0.39, 0.29) is 11.7 Å². The number of halogens is 2. The maximum atomic E-state index is 14.8. The number of rotatable bonds is 2. The third-order valence-electron chi connectivity index (χ3n) is 5.61. The Morgan fingerprint density at radius 2 is 1.78 bits per heavy atom. The zero-order chi connectivity index (χ0) is 18.4. The SMILES string of the molecule is Fc1ccc2c(C3CNCC[C@H]3F)c(-c3ccc4ccccc4c3)[nH]c2c1. The van der Waals surface area contributed by atoms with Crippen molar-refractivity contribution in [1.29, 1.82) is 0 Å². The zero-order valence-corrected chi connectivity index (χ0v) is 14.8. The van der Waals surface area contributed by atoms with Gasteiger partial charge in [0.05, 0.1) is 5.69 Å². The molecule has 3 aromatic carbocycles. The quantitative estimate of drug-likeness (QED) is 0.481. The number of piperidine rings is 1. The van der Waals surface area contributed by atoms with Crippen molar-refractivity contribution in [3.8, 4) is 11.3 Å². The second-order valence-corrected chi connectivity index (χ2v) is 7.28. The van der Waals surface area contributed by atoms with Gasteiger partial charge in [-0.1, -0.05) is 36.4 Å². The first-order chi connectivity index (χ1) is 13.2. The van der Waals surface area contributed by atoms with E-state index in [2.05, 4.69) is 40.6 Å². The lowest BCUT2D eigenvalue weighted by atomic mass is 9.86. The highest BCUT2D eigenvalue weighted by Crippen LogP contribution is 2.40. The van der Waals surface area contributed by atoms with Crippen LogP contribution < -0.4 is 5.32 Å². The minimum absolute atomic E-state index is 0.251. The fourth-order valence-electron chi connectivity index (χ4n) is 4.26. The summed E-state index contributed by atoms with van der Waals surface area (Å²) in [6.45, 7) is 1.28. The van der Waals surface area contributed by atoms with Crippen LogP contribution in [0, 0.1) is 5.82 Å². The minimum atomic E-state index is -0.908. The Balaban J connectivity index is 1.75. The highest BCUT2D eigenvalue weighted by molar-refractivity contribution is 5.94. The lowest BCUT2D eigenvalue weighted by molar-refractivity contribution is 0.229. The summed E-state index contributed by atoms with van der Waals surface area (Å²) >= 11 is 0. The highest BCUT2D eigenvalue weighted by atomic mass is 19.1. The molecule has 5 rings (SSSR count). The van der Waals surface area contributed by atoms with E-state index in [1.807, 2.05) is 12.1 Å². The van der Waals surface area contributed by atoms with Gasteiger partial charge in [-0.25, -0.2) is 8.78 Å². The molecule has 1 aliphatic heterocycles. The van der Waals surface area contributed by atoms with E-state index in [1.54, 1.807) is 6.07 Å². The van der Waals surface area contributed by atoms with Crippen LogP contribution in [0.15, 0.2) is 60.7 Å². The first-order valence-electron chi connectivity index (χ1n) is 9.36. The molecule has 0 spiro atoms. The van der Waals surface area contributed by atoms with E-state index in [0.29, 0.717) is 25.0 Å². The molecule has 2 heterocycles. The topological polar surface area (TPSA) is 27.8 Å². The Labute approximate surface area is 156 Å². The molecule has 1 aromatic heterocycles. The lowest BCUT2D eigenvalue weighted by Crippen LogP contribution is -2.36. The van der Waals surface area contributed by atoms with E-state index in [4.69, 9.17) is 0 Å². The fraction of sp³-hybridized carbons (Fsp3) is 0.217. The molecular formula is C23H20F2N2. The Morgan fingerprint density at radius 3 is 2.63 bits per heavy atom. The standard InChI is InChI=1S/C23H20F2N2/c24-17-7-8-18-21(12-17)27-23(22(18)19-13-26-10-9-20(19)25)16-6-5-14-3-1-2-4-15(14)11-16/h1-8,11-12,19-20,26-27H,9-10,13H2/t19?,20-/m1/s1. The average molecular weight is 362 g/mol. The van der Waals surface area contributed by atoms with Gasteiger partial charge in [0.25, 0.3) is 0 Å². The van der Waals surface area contributed by atoms with E-state index in [9.17, 15) is 8.78 Å². The fourth-order valence-corrected chi connectivity index (χ4v) is 4.26. The number of fused-ring (bicyclic) bond motifs is 2. The molecule has 4 aromatic rings. The van der Waals surface area contributed by atoms with Crippen molar-refractivity contribution in [3.05, 3.63) is 72.0 Å². The summed E-state index contributed by atoms with van der Waals surface area (Å²) in [6, 6.07) is 19.1. The third kappa shape index (κ3) is 2.81. The summed E-state index contributed by atoms with van der Waals surface area (Å²) < 4.78 is 28.6. The summed E-state index contributed by atoms with van der Waals surface area (Å²) in [4.78, 5) is 3.37. The molecule has 1 unspecified atom stereocenters. The number of hydrogen-bond donors (Lipinski definition) is 2. The van der Waals surface area contributed by atoms with Gasteiger partial charge in [0.1, 0.15) is 12.0 Å². The maximum Gasteiger partial charge on any atom is 0.125 e. The average Bonchev–Trinajstić information content (AvgIpc) is 3.06. The normalized spacial score (nSPS) is 20.4. The maximum absolute atomic E-state index is 14.8. The Kier molecular flexibility index (Phi) is 3.94. The van der Waals surface area contributed by atoms with Crippen LogP contribution in [0.4, 0.5) is 8.78 Å². The molecule has 0 bridgehead atoms. The van der Waals surface area contributed by atoms with Crippen LogP contribution in [0.2, 0.25) is 0 Å². The van der Waals surface area contributed by atoms with Gasteiger partial charge in [-0.2, -0.15) is 0 Å². The molecule has 0 saturated carbocycles. The molecule has 1 fully saturated rings. The summed E-state index contributed by atoms with van der Waals surface area (Å²) in [5.74, 6) is -0.543. The molecule has 2 atom stereocenters. The second-order valence-electron chi connectivity index (χ2n) is 7.28. The Morgan fingerprint density at radius 1 is 0.926 bits per heavy atom. The molecule has 27 heavy (non-hydrogen) atoms. The van der Waals surface area contributed by atoms with Crippen molar-refractivity contribution in [2.45, 2.75) is 18.5 Å². The number of hydrogen-bond acceptors (Lipinski definition) is 1. The molecule has 0 aliphatic carbocycles. The van der Waals surface area contributed by atoms with Gasteiger partial charge in [-0.05, 0) is 59.1 Å². The van der Waals surface area contributed by atoms with Crippen molar-refractivity contribution in [2.24, 2.45) is 0 Å². The number of aromatic nitrogens is 1. The predicted molar refractivity (Wildman–Crippen MR) is 106 cm³/mol. The van der Waals surface area contributed by atoms with Crippen molar-refractivity contribution in [2.75, 3.05) is 13.1 Å². The molecular weight excluding hydrogens is 342 g/mol. The third-order valence-corrected chi connectivity index (χ3v) is 5.61. The van der Waals surface area contributed by atoms with Gasteiger partial charge in [0.2, 0.25) is 0 Å². The molecule has 136 valence electrons. The van der Waals surface area contributed by atoms with E-state index in [0.717, 1.165) is 33.0 Å². The van der Waals surface area contributed by atoms with Gasteiger partial charge in [-0.3, -0.25) is 0 Å². The molecule has 0 radical (unpaired) electrons. The minimum Gasteiger partial charge on any atom is -0.354 e. The van der Waals surface area contributed by atoms with Crippen molar-refractivity contribution in [1.82, 2.24) is 10.3 Å². The lowest BCUT2D eigenvalue weighted by Gasteiger charge is -2.27. The van der Waals surface area contributed by atoms with Crippen LogP contribution in [0.25, 0.3) is 32.9 Å². The largest absolute Gasteiger partial charge is 0.354 e. The van der Waals surface area contributed by atoms with Crippen molar-refractivity contribution >= 4 is 21.7 Å². The summed E-state index contributed by atoms with van der Waals surface area (Å²) in [5.41, 5.74) is 3.54. The molecule has 1 aliphatic rings. The van der Waals surface area contributed by atoms with Gasteiger partial charge < -0.3 is 10.3 Å². The number of nitrogens with one attached hydrogen (secondary N) is 2. The van der Waals surface area contributed by atoms with Crippen LogP contribution in [-0.4, -0.2) is 24.2 Å². The number of H-pyrrole nitrogens is 1. The van der Waals surface area contributed by atoms with Crippen LogP contribution in [0.3, 0.4) is 0 Å². The monoisotopic (exact) mass is 362 g/mol. The van der Waals surface area contributed by atoms with E-state index >= 15 is 0 Å². The molecule has 2 nitrogen and oxygen atoms in total. The summed E-state index contributed by atoms with van der Waals surface area (Å²) in [6.07, 6.45) is -0.412. The first kappa shape index (κ1) is 16.5. The number of aromatic amines is 1. The Hall–Kier alpha value is -2.72. The van der Waals surface area contributed by atoms with Crippen molar-refractivity contribution in [3.63, 3.8) is 0 Å². The number of benzene rings is 3.